The molecule has 1 saturated carbocycles. The summed E-state index contributed by atoms with van der Waals surface area (Å²) in [5, 5.41) is 39.1. The summed E-state index contributed by atoms with van der Waals surface area (Å²) in [6, 6.07) is 0. The number of rotatable bonds is 14. The Hall–Kier alpha value is -1.17. The Morgan fingerprint density at radius 1 is 1.07 bits per heavy atom. The van der Waals surface area contributed by atoms with Gasteiger partial charge in [-0.25, -0.2) is 0 Å². The first-order valence-corrected chi connectivity index (χ1v) is 10.5. The molecule has 0 amide bonds. The molecule has 4 N–H and O–H groups in total. The van der Waals surface area contributed by atoms with E-state index in [9.17, 15) is 20.1 Å². The molecule has 1 aliphatic carbocycles. The number of hydrogen-bond acceptors (Lipinski definition) is 4. The van der Waals surface area contributed by atoms with E-state index < -0.39 is 24.3 Å². The maximum Gasteiger partial charge on any atom is 0.303 e. The van der Waals surface area contributed by atoms with Gasteiger partial charge in [0.05, 0.1) is 18.3 Å². The molecule has 0 spiro atoms. The SMILES string of the molecule is CCCCC[C@H](O)/C=C/[C@@H]1[C@H](C/C=C\CCCCCC(=O)O)[C@@H](O)C[C@H]1O. The molecule has 0 aromatic carbocycles. The van der Waals surface area contributed by atoms with Crippen molar-refractivity contribution < 1.29 is 25.2 Å². The van der Waals surface area contributed by atoms with Crippen LogP contribution >= 0.6 is 0 Å². The van der Waals surface area contributed by atoms with Crippen molar-refractivity contribution in [1.82, 2.24) is 0 Å². The van der Waals surface area contributed by atoms with Gasteiger partial charge in [0.25, 0.3) is 0 Å². The molecule has 5 atom stereocenters. The maximum absolute atomic E-state index is 10.5. The standard InChI is InChI=1S/C22H38O5/c1-2-3-8-11-17(23)14-15-19-18(20(24)16-21(19)25)12-9-6-4-5-7-10-13-22(26)27/h6,9,14-15,17-21,23-25H,2-5,7-8,10-13,16H2,1H3,(H,26,27)/b9-6-,15-14+/t17-,18-,19+,20-,21+/m0/s1. The van der Waals surface area contributed by atoms with Crippen LogP contribution < -0.4 is 0 Å². The predicted molar refractivity (Wildman–Crippen MR) is 107 cm³/mol. The van der Waals surface area contributed by atoms with Gasteiger partial charge in [0.1, 0.15) is 0 Å². The van der Waals surface area contributed by atoms with E-state index in [1.165, 1.54) is 0 Å². The number of unbranched alkanes of at least 4 members (excludes halogenated alkanes) is 5. The molecule has 5 nitrogen and oxygen atoms in total. The van der Waals surface area contributed by atoms with Gasteiger partial charge in [-0.15, -0.1) is 0 Å². The third-order valence-corrected chi connectivity index (χ3v) is 5.41. The number of allylic oxidation sites excluding steroid dienone is 2. The van der Waals surface area contributed by atoms with E-state index in [1.807, 2.05) is 6.08 Å². The van der Waals surface area contributed by atoms with Crippen molar-refractivity contribution in [3.8, 4) is 0 Å². The van der Waals surface area contributed by atoms with Crippen molar-refractivity contribution >= 4 is 5.97 Å². The zero-order chi connectivity index (χ0) is 20.1. The number of aliphatic hydroxyl groups excluding tert-OH is 3. The number of hydrogen-bond donors (Lipinski definition) is 4. The van der Waals surface area contributed by atoms with E-state index in [2.05, 4.69) is 19.1 Å². The summed E-state index contributed by atoms with van der Waals surface area (Å²) in [5.41, 5.74) is 0. The van der Waals surface area contributed by atoms with E-state index in [0.717, 1.165) is 44.9 Å². The van der Waals surface area contributed by atoms with Gasteiger partial charge in [0, 0.05) is 18.8 Å². The summed E-state index contributed by atoms with van der Waals surface area (Å²) in [6.45, 7) is 2.13. The molecule has 0 aliphatic heterocycles. The van der Waals surface area contributed by atoms with Crippen LogP contribution in [0, 0.1) is 11.8 Å². The highest BCUT2D eigenvalue weighted by Gasteiger charge is 2.39. The second-order valence-electron chi connectivity index (χ2n) is 7.76. The monoisotopic (exact) mass is 382 g/mol. The van der Waals surface area contributed by atoms with Crippen LogP contribution in [-0.2, 0) is 4.79 Å². The molecule has 156 valence electrons. The van der Waals surface area contributed by atoms with Gasteiger partial charge >= 0.3 is 5.97 Å². The summed E-state index contributed by atoms with van der Waals surface area (Å²) in [7, 11) is 0. The molecule has 1 rings (SSSR count). The zero-order valence-electron chi connectivity index (χ0n) is 16.7. The minimum absolute atomic E-state index is 0.0256. The fourth-order valence-corrected chi connectivity index (χ4v) is 3.75. The molecule has 0 aromatic rings. The summed E-state index contributed by atoms with van der Waals surface area (Å²) in [5.74, 6) is -0.891. The molecule has 5 heteroatoms. The third-order valence-electron chi connectivity index (χ3n) is 5.41. The molecule has 1 aliphatic rings. The van der Waals surface area contributed by atoms with E-state index in [4.69, 9.17) is 5.11 Å². The Balaban J connectivity index is 2.37. The van der Waals surface area contributed by atoms with Crippen molar-refractivity contribution in [2.24, 2.45) is 11.8 Å². The minimum atomic E-state index is -0.742. The Labute approximate surface area is 163 Å². The fourth-order valence-electron chi connectivity index (χ4n) is 3.75. The van der Waals surface area contributed by atoms with Crippen LogP contribution in [0.3, 0.4) is 0 Å². The lowest BCUT2D eigenvalue weighted by Crippen LogP contribution is -2.20. The second-order valence-corrected chi connectivity index (χ2v) is 7.76. The van der Waals surface area contributed by atoms with Gasteiger partial charge in [-0.05, 0) is 38.0 Å². The Bertz CT molecular complexity index is 460. The molecule has 0 saturated heterocycles. The number of carboxylic acids is 1. The smallest absolute Gasteiger partial charge is 0.303 e. The van der Waals surface area contributed by atoms with Gasteiger partial charge < -0.3 is 20.4 Å². The van der Waals surface area contributed by atoms with Crippen LogP contribution in [0.1, 0.15) is 77.6 Å². The van der Waals surface area contributed by atoms with Crippen molar-refractivity contribution in [1.29, 1.82) is 0 Å². The van der Waals surface area contributed by atoms with Crippen LogP contribution in [0.5, 0.6) is 0 Å². The minimum Gasteiger partial charge on any atom is -0.481 e. The van der Waals surface area contributed by atoms with Crippen molar-refractivity contribution in [3.05, 3.63) is 24.3 Å². The molecule has 0 unspecified atom stereocenters. The van der Waals surface area contributed by atoms with Gasteiger partial charge in [-0.2, -0.15) is 0 Å². The summed E-state index contributed by atoms with van der Waals surface area (Å²) in [6.07, 6.45) is 15.0. The molecule has 0 aromatic heterocycles. The van der Waals surface area contributed by atoms with Crippen LogP contribution in [0.15, 0.2) is 24.3 Å². The predicted octanol–water partition coefficient (Wildman–Crippen LogP) is 3.82. The zero-order valence-corrected chi connectivity index (χ0v) is 16.7. The number of aliphatic hydroxyl groups is 3. The van der Waals surface area contributed by atoms with E-state index in [-0.39, 0.29) is 18.3 Å². The van der Waals surface area contributed by atoms with Crippen molar-refractivity contribution in [2.45, 2.75) is 95.9 Å². The van der Waals surface area contributed by atoms with Crippen LogP contribution in [-0.4, -0.2) is 44.7 Å². The molecule has 1 fully saturated rings. The molecule has 0 heterocycles. The first-order valence-electron chi connectivity index (χ1n) is 10.5. The normalized spacial score (nSPS) is 27.0. The highest BCUT2D eigenvalue weighted by atomic mass is 16.4. The summed E-state index contributed by atoms with van der Waals surface area (Å²) < 4.78 is 0. The first kappa shape index (κ1) is 23.9. The average molecular weight is 383 g/mol. The van der Waals surface area contributed by atoms with Crippen molar-refractivity contribution in [2.75, 3.05) is 0 Å². The highest BCUT2D eigenvalue weighted by molar-refractivity contribution is 5.66. The lowest BCUT2D eigenvalue weighted by Gasteiger charge is -2.19. The van der Waals surface area contributed by atoms with Crippen molar-refractivity contribution in [3.63, 3.8) is 0 Å². The highest BCUT2D eigenvalue weighted by Crippen LogP contribution is 2.36. The molecule has 0 radical (unpaired) electrons. The van der Waals surface area contributed by atoms with Gasteiger partial charge in [0.2, 0.25) is 0 Å². The van der Waals surface area contributed by atoms with E-state index in [0.29, 0.717) is 19.3 Å². The summed E-state index contributed by atoms with van der Waals surface area (Å²) >= 11 is 0. The molecule has 27 heavy (non-hydrogen) atoms. The quantitative estimate of drug-likeness (QED) is 0.270. The molecular formula is C22H38O5. The van der Waals surface area contributed by atoms with Crippen LogP contribution in [0.4, 0.5) is 0 Å². The largest absolute Gasteiger partial charge is 0.481 e. The fraction of sp³-hybridized carbons (Fsp3) is 0.773. The average Bonchev–Trinajstić information content (AvgIpc) is 2.88. The first-order chi connectivity index (χ1) is 13.0. The Kier molecular flexibility index (Phi) is 12.3. The Morgan fingerprint density at radius 2 is 1.85 bits per heavy atom. The Morgan fingerprint density at radius 3 is 2.56 bits per heavy atom. The van der Waals surface area contributed by atoms with E-state index >= 15 is 0 Å². The van der Waals surface area contributed by atoms with Gasteiger partial charge in [-0.1, -0.05) is 56.9 Å². The molecule has 0 bridgehead atoms. The van der Waals surface area contributed by atoms with Gasteiger partial charge in [0.15, 0.2) is 0 Å². The lowest BCUT2D eigenvalue weighted by molar-refractivity contribution is -0.137. The van der Waals surface area contributed by atoms with Gasteiger partial charge in [-0.3, -0.25) is 4.79 Å². The number of carbonyl (C=O) groups is 1. The third kappa shape index (κ3) is 10.1. The molecular weight excluding hydrogens is 344 g/mol. The topological polar surface area (TPSA) is 98.0 Å². The number of carboxylic acid groups (broad SMARTS) is 1. The number of aliphatic carboxylic acids is 1. The summed E-state index contributed by atoms with van der Waals surface area (Å²) in [4.78, 5) is 10.5. The van der Waals surface area contributed by atoms with Crippen LogP contribution in [0.2, 0.25) is 0 Å². The van der Waals surface area contributed by atoms with Crippen LogP contribution in [0.25, 0.3) is 0 Å². The maximum atomic E-state index is 10.5. The lowest BCUT2D eigenvalue weighted by atomic mass is 9.89. The second kappa shape index (κ2) is 13.9. The van der Waals surface area contributed by atoms with E-state index in [1.54, 1.807) is 6.08 Å².